The second kappa shape index (κ2) is 12.6. The molecule has 0 aliphatic heterocycles. The van der Waals surface area contributed by atoms with Crippen LogP contribution in [0.15, 0.2) is 40.1 Å². The van der Waals surface area contributed by atoms with Gasteiger partial charge in [-0.3, -0.25) is 0 Å². The van der Waals surface area contributed by atoms with Gasteiger partial charge in [0.15, 0.2) is 0 Å². The zero-order valence-corrected chi connectivity index (χ0v) is 20.2. The number of hydrogen-bond donors (Lipinski definition) is 0. The van der Waals surface area contributed by atoms with Crippen molar-refractivity contribution in [3.63, 3.8) is 0 Å². The van der Waals surface area contributed by atoms with Crippen LogP contribution in [0, 0.1) is 13.8 Å². The van der Waals surface area contributed by atoms with E-state index in [4.69, 9.17) is 0 Å². The molecule has 0 spiro atoms. The zero-order valence-electron chi connectivity index (χ0n) is 18.6. The van der Waals surface area contributed by atoms with Crippen molar-refractivity contribution in [3.8, 4) is 0 Å². The Balaban J connectivity index is 2.34. The first-order chi connectivity index (χ1) is 13.6. The lowest BCUT2D eigenvalue weighted by Gasteiger charge is -2.23. The van der Waals surface area contributed by atoms with Gasteiger partial charge >= 0.3 is 0 Å². The summed E-state index contributed by atoms with van der Waals surface area (Å²) in [5.74, 6) is 0. The van der Waals surface area contributed by atoms with Gasteiger partial charge in [-0.2, -0.15) is 0 Å². The van der Waals surface area contributed by atoms with Crippen molar-refractivity contribution >= 4 is 23.5 Å². The van der Waals surface area contributed by atoms with E-state index in [0.717, 1.165) is 11.5 Å². The third kappa shape index (κ3) is 6.32. The van der Waals surface area contributed by atoms with Crippen molar-refractivity contribution in [3.05, 3.63) is 58.1 Å². The van der Waals surface area contributed by atoms with Gasteiger partial charge < -0.3 is 0 Å². The summed E-state index contributed by atoms with van der Waals surface area (Å²) in [6.45, 7) is 11.7. The molecule has 0 saturated carbocycles. The van der Waals surface area contributed by atoms with E-state index in [9.17, 15) is 0 Å². The molecule has 0 heterocycles. The molecule has 0 nitrogen and oxygen atoms in total. The van der Waals surface area contributed by atoms with Crippen LogP contribution in [0.3, 0.4) is 0 Å². The van der Waals surface area contributed by atoms with E-state index in [1.165, 1.54) is 49.8 Å². The summed E-state index contributed by atoms with van der Waals surface area (Å²) in [6, 6.07) is 10.8. The number of thioether (sulfide) groups is 2. The SMILES string of the molecule is CCCCCc1c(CCCC)c(C)c(CC)c(C)c1SCSc1ccccc1. The summed E-state index contributed by atoms with van der Waals surface area (Å²) in [5.41, 5.74) is 8.07. The molecule has 0 N–H and O–H groups in total. The molecule has 2 aromatic rings. The Morgan fingerprint density at radius 2 is 1.36 bits per heavy atom. The topological polar surface area (TPSA) is 0 Å². The molecule has 154 valence electrons. The molecule has 0 amide bonds. The maximum Gasteiger partial charge on any atom is 0.0486 e. The molecule has 28 heavy (non-hydrogen) atoms. The predicted molar refractivity (Wildman–Crippen MR) is 130 cm³/mol. The number of benzene rings is 2. The van der Waals surface area contributed by atoms with Gasteiger partial charge in [-0.05, 0) is 85.9 Å². The normalized spacial score (nSPS) is 11.2. The Bertz CT molecular complexity index is 719. The van der Waals surface area contributed by atoms with E-state index in [1.807, 2.05) is 11.8 Å². The van der Waals surface area contributed by atoms with E-state index in [1.54, 1.807) is 32.7 Å². The van der Waals surface area contributed by atoms with E-state index in [0.29, 0.717) is 0 Å². The largest absolute Gasteiger partial charge is 0.115 e. The molecule has 2 rings (SSSR count). The van der Waals surface area contributed by atoms with Gasteiger partial charge in [0.2, 0.25) is 0 Å². The van der Waals surface area contributed by atoms with Crippen LogP contribution in [0.1, 0.15) is 80.7 Å². The van der Waals surface area contributed by atoms with Crippen LogP contribution in [0.25, 0.3) is 0 Å². The van der Waals surface area contributed by atoms with Crippen molar-refractivity contribution in [2.45, 2.75) is 95.8 Å². The molecule has 0 aromatic heterocycles. The fourth-order valence-corrected chi connectivity index (χ4v) is 6.44. The standard InChI is InChI=1S/C26H38S2/c1-6-9-12-18-25-24(17-10-7-2)20(4)23(8-3)21(5)26(25)28-19-27-22-15-13-11-14-16-22/h11,13-16H,6-10,12,17-19H2,1-5H3. The van der Waals surface area contributed by atoms with Gasteiger partial charge in [-0.15, -0.1) is 23.5 Å². The molecule has 2 aromatic carbocycles. The van der Waals surface area contributed by atoms with Gasteiger partial charge in [0.05, 0.1) is 0 Å². The Morgan fingerprint density at radius 3 is 2.00 bits per heavy atom. The zero-order chi connectivity index (χ0) is 20.4. The quantitative estimate of drug-likeness (QED) is 0.193. The molecule has 0 unspecified atom stereocenters. The molecule has 0 bridgehead atoms. The molecule has 0 aliphatic rings. The molecular weight excluding hydrogens is 376 g/mol. The number of rotatable bonds is 12. The second-order valence-electron chi connectivity index (χ2n) is 7.65. The lowest BCUT2D eigenvalue weighted by atomic mass is 9.87. The van der Waals surface area contributed by atoms with Crippen LogP contribution >= 0.6 is 23.5 Å². The lowest BCUT2D eigenvalue weighted by molar-refractivity contribution is 0.696. The van der Waals surface area contributed by atoms with E-state index in [-0.39, 0.29) is 0 Å². The van der Waals surface area contributed by atoms with Crippen LogP contribution in [0.4, 0.5) is 0 Å². The molecule has 0 aliphatic carbocycles. The average molecular weight is 415 g/mol. The molecule has 2 heteroatoms. The summed E-state index contributed by atoms with van der Waals surface area (Å²) in [7, 11) is 0. The highest BCUT2D eigenvalue weighted by Gasteiger charge is 2.18. The minimum Gasteiger partial charge on any atom is -0.115 e. The summed E-state index contributed by atoms with van der Waals surface area (Å²) in [6.07, 6.45) is 10.2. The molecule has 0 atom stereocenters. The van der Waals surface area contributed by atoms with Gasteiger partial charge in [-0.1, -0.05) is 58.2 Å². The number of unbranched alkanes of at least 4 members (excludes halogenated alkanes) is 3. The summed E-state index contributed by atoms with van der Waals surface area (Å²) < 4.78 is 0. The third-order valence-corrected chi connectivity index (χ3v) is 8.06. The summed E-state index contributed by atoms with van der Waals surface area (Å²) >= 11 is 4.04. The van der Waals surface area contributed by atoms with Crippen molar-refractivity contribution in [2.24, 2.45) is 0 Å². The first kappa shape index (κ1) is 23.4. The highest BCUT2D eigenvalue weighted by Crippen LogP contribution is 2.39. The molecular formula is C26H38S2. The van der Waals surface area contributed by atoms with Gasteiger partial charge in [0.1, 0.15) is 0 Å². The van der Waals surface area contributed by atoms with E-state index < -0.39 is 0 Å². The fourth-order valence-electron chi connectivity index (χ4n) is 4.10. The van der Waals surface area contributed by atoms with Gasteiger partial charge in [0, 0.05) is 14.9 Å². The Labute approximate surface area is 182 Å². The van der Waals surface area contributed by atoms with Crippen LogP contribution in [0.5, 0.6) is 0 Å². The minimum absolute atomic E-state index is 1.09. The van der Waals surface area contributed by atoms with E-state index >= 15 is 0 Å². The van der Waals surface area contributed by atoms with E-state index in [2.05, 4.69) is 76.7 Å². The van der Waals surface area contributed by atoms with Crippen LogP contribution < -0.4 is 0 Å². The Hall–Kier alpha value is -0.860. The van der Waals surface area contributed by atoms with Crippen molar-refractivity contribution in [2.75, 3.05) is 5.08 Å². The average Bonchev–Trinajstić information content (AvgIpc) is 2.71. The maximum atomic E-state index is 2.38. The monoisotopic (exact) mass is 414 g/mol. The Kier molecular flexibility index (Phi) is 10.6. The predicted octanol–water partition coefficient (Wildman–Crippen LogP) is 8.78. The summed E-state index contributed by atoms with van der Waals surface area (Å²) in [4.78, 5) is 2.96. The molecule has 0 saturated heterocycles. The highest BCUT2D eigenvalue weighted by molar-refractivity contribution is 8.16. The molecule has 0 radical (unpaired) electrons. The maximum absolute atomic E-state index is 2.38. The fraction of sp³-hybridized carbons (Fsp3) is 0.538. The van der Waals surface area contributed by atoms with Crippen LogP contribution in [-0.2, 0) is 19.3 Å². The second-order valence-corrected chi connectivity index (χ2v) is 10.0. The molecule has 0 fully saturated rings. The third-order valence-electron chi connectivity index (χ3n) is 5.67. The van der Waals surface area contributed by atoms with Gasteiger partial charge in [0.25, 0.3) is 0 Å². The smallest absolute Gasteiger partial charge is 0.0486 e. The Morgan fingerprint density at radius 1 is 0.679 bits per heavy atom. The van der Waals surface area contributed by atoms with Crippen molar-refractivity contribution in [1.29, 1.82) is 0 Å². The van der Waals surface area contributed by atoms with Crippen LogP contribution in [-0.4, -0.2) is 5.08 Å². The first-order valence-electron chi connectivity index (χ1n) is 11.1. The van der Waals surface area contributed by atoms with Gasteiger partial charge in [-0.25, -0.2) is 0 Å². The first-order valence-corrected chi connectivity index (χ1v) is 13.0. The lowest BCUT2D eigenvalue weighted by Crippen LogP contribution is -2.08. The minimum atomic E-state index is 1.09. The van der Waals surface area contributed by atoms with Crippen molar-refractivity contribution < 1.29 is 0 Å². The van der Waals surface area contributed by atoms with Crippen LogP contribution in [0.2, 0.25) is 0 Å². The number of hydrogen-bond acceptors (Lipinski definition) is 2. The highest BCUT2D eigenvalue weighted by atomic mass is 32.2. The van der Waals surface area contributed by atoms with Crippen molar-refractivity contribution in [1.82, 2.24) is 0 Å². The summed E-state index contributed by atoms with van der Waals surface area (Å²) in [5, 5.41) is 1.09.